The maximum atomic E-state index is 3.53. The fourth-order valence-corrected chi connectivity index (χ4v) is 3.41. The van der Waals surface area contributed by atoms with Crippen LogP contribution in [-0.2, 0) is 6.54 Å². The van der Waals surface area contributed by atoms with Crippen LogP contribution in [0.25, 0.3) is 10.1 Å². The molecule has 1 nitrogen and oxygen atoms in total. The van der Waals surface area contributed by atoms with E-state index in [4.69, 9.17) is 0 Å². The summed E-state index contributed by atoms with van der Waals surface area (Å²) in [6.45, 7) is 5.16. The van der Waals surface area contributed by atoms with Crippen molar-refractivity contribution in [2.24, 2.45) is 0 Å². The molecule has 1 N–H and O–H groups in total. The van der Waals surface area contributed by atoms with Crippen LogP contribution >= 0.6 is 11.3 Å². The zero-order valence-corrected chi connectivity index (χ0v) is 12.1. The van der Waals surface area contributed by atoms with E-state index in [-0.39, 0.29) is 0 Å². The second kappa shape index (κ2) is 5.06. The Labute approximate surface area is 117 Å². The van der Waals surface area contributed by atoms with E-state index in [0.29, 0.717) is 0 Å². The van der Waals surface area contributed by atoms with Gasteiger partial charge in [-0.2, -0.15) is 0 Å². The van der Waals surface area contributed by atoms with Crippen LogP contribution in [0.4, 0.5) is 5.69 Å². The molecule has 2 heteroatoms. The molecule has 19 heavy (non-hydrogen) atoms. The van der Waals surface area contributed by atoms with Crippen molar-refractivity contribution in [1.82, 2.24) is 0 Å². The van der Waals surface area contributed by atoms with Crippen molar-refractivity contribution in [3.63, 3.8) is 0 Å². The summed E-state index contributed by atoms with van der Waals surface area (Å²) in [5.74, 6) is 0. The Bertz CT molecular complexity index is 692. The number of nitrogens with one attached hydrogen (secondary N) is 1. The molecule has 3 rings (SSSR count). The molecule has 1 aromatic heterocycles. The van der Waals surface area contributed by atoms with E-state index in [9.17, 15) is 0 Å². The van der Waals surface area contributed by atoms with Crippen LogP contribution < -0.4 is 5.32 Å². The second-order valence-electron chi connectivity index (χ2n) is 4.99. The molecular weight excluding hydrogens is 250 g/mol. The molecule has 0 aliphatic heterocycles. The molecule has 0 amide bonds. The molecule has 0 aliphatic carbocycles. The second-order valence-corrected chi connectivity index (χ2v) is 5.90. The topological polar surface area (TPSA) is 12.0 Å². The molecule has 0 atom stereocenters. The van der Waals surface area contributed by atoms with Gasteiger partial charge in [-0.25, -0.2) is 0 Å². The Balaban J connectivity index is 1.82. The van der Waals surface area contributed by atoms with Crippen molar-refractivity contribution in [2.75, 3.05) is 5.32 Å². The molecule has 96 valence electrons. The lowest BCUT2D eigenvalue weighted by Crippen LogP contribution is -1.99. The van der Waals surface area contributed by atoms with E-state index in [1.54, 1.807) is 0 Å². The summed E-state index contributed by atoms with van der Waals surface area (Å²) in [5, 5.41) is 7.14. The van der Waals surface area contributed by atoms with Crippen LogP contribution in [-0.4, -0.2) is 0 Å². The van der Waals surface area contributed by atoms with Crippen LogP contribution in [0.3, 0.4) is 0 Å². The SMILES string of the molecule is Cc1cc(C)cc(NCc2csc3ccccc23)c1. The Morgan fingerprint density at radius 2 is 1.74 bits per heavy atom. The molecule has 0 saturated carbocycles. The minimum atomic E-state index is 0.882. The van der Waals surface area contributed by atoms with E-state index in [2.05, 4.69) is 67.0 Å². The molecule has 2 aromatic carbocycles. The Kier molecular flexibility index (Phi) is 3.26. The zero-order chi connectivity index (χ0) is 13.2. The lowest BCUT2D eigenvalue weighted by atomic mass is 10.1. The van der Waals surface area contributed by atoms with Gasteiger partial charge in [0, 0.05) is 16.9 Å². The summed E-state index contributed by atoms with van der Waals surface area (Å²) in [5.41, 5.74) is 5.18. The predicted molar refractivity (Wildman–Crippen MR) is 85.1 cm³/mol. The molecule has 0 unspecified atom stereocenters. The highest BCUT2D eigenvalue weighted by Crippen LogP contribution is 2.26. The van der Waals surface area contributed by atoms with Gasteiger partial charge in [0.2, 0.25) is 0 Å². The molecule has 0 aliphatic rings. The number of hydrogen-bond donors (Lipinski definition) is 1. The molecule has 0 fully saturated rings. The minimum Gasteiger partial charge on any atom is -0.381 e. The quantitative estimate of drug-likeness (QED) is 0.693. The molecular formula is C17H17NS. The zero-order valence-electron chi connectivity index (χ0n) is 11.2. The van der Waals surface area contributed by atoms with Gasteiger partial charge in [-0.1, -0.05) is 24.3 Å². The van der Waals surface area contributed by atoms with E-state index in [1.807, 2.05) is 11.3 Å². The summed E-state index contributed by atoms with van der Waals surface area (Å²) >= 11 is 1.82. The number of aryl methyl sites for hydroxylation is 2. The summed E-state index contributed by atoms with van der Waals surface area (Å²) < 4.78 is 1.36. The first-order valence-electron chi connectivity index (χ1n) is 6.50. The Morgan fingerprint density at radius 1 is 1.00 bits per heavy atom. The Morgan fingerprint density at radius 3 is 2.53 bits per heavy atom. The first-order chi connectivity index (χ1) is 9.22. The van der Waals surface area contributed by atoms with E-state index < -0.39 is 0 Å². The fraction of sp³-hybridized carbons (Fsp3) is 0.176. The summed E-state index contributed by atoms with van der Waals surface area (Å²) in [6, 6.07) is 15.2. The van der Waals surface area contributed by atoms with Gasteiger partial charge in [0.15, 0.2) is 0 Å². The number of rotatable bonds is 3. The normalized spacial score (nSPS) is 10.8. The van der Waals surface area contributed by atoms with Crippen LogP contribution in [0.5, 0.6) is 0 Å². The molecule has 1 heterocycles. The average molecular weight is 267 g/mol. The van der Waals surface area contributed by atoms with Crippen LogP contribution in [0.1, 0.15) is 16.7 Å². The van der Waals surface area contributed by atoms with Crippen molar-refractivity contribution >= 4 is 27.1 Å². The van der Waals surface area contributed by atoms with Crippen LogP contribution in [0, 0.1) is 13.8 Å². The van der Waals surface area contributed by atoms with Gasteiger partial charge in [-0.05, 0) is 59.5 Å². The van der Waals surface area contributed by atoms with Gasteiger partial charge in [0.05, 0.1) is 0 Å². The maximum Gasteiger partial charge on any atom is 0.0415 e. The van der Waals surface area contributed by atoms with Gasteiger partial charge >= 0.3 is 0 Å². The smallest absolute Gasteiger partial charge is 0.0415 e. The summed E-state index contributed by atoms with van der Waals surface area (Å²) in [6.07, 6.45) is 0. The first-order valence-corrected chi connectivity index (χ1v) is 7.37. The number of benzene rings is 2. The van der Waals surface area contributed by atoms with E-state index in [1.165, 1.54) is 32.5 Å². The third kappa shape index (κ3) is 2.64. The minimum absolute atomic E-state index is 0.882. The molecule has 0 radical (unpaired) electrons. The monoisotopic (exact) mass is 267 g/mol. The van der Waals surface area contributed by atoms with Gasteiger partial charge in [0.25, 0.3) is 0 Å². The van der Waals surface area contributed by atoms with Gasteiger partial charge in [-0.15, -0.1) is 11.3 Å². The number of fused-ring (bicyclic) bond motifs is 1. The summed E-state index contributed by atoms with van der Waals surface area (Å²) in [4.78, 5) is 0. The number of thiophene rings is 1. The average Bonchev–Trinajstić information content (AvgIpc) is 2.78. The highest BCUT2D eigenvalue weighted by molar-refractivity contribution is 7.17. The molecule has 0 bridgehead atoms. The van der Waals surface area contributed by atoms with Crippen molar-refractivity contribution < 1.29 is 0 Å². The third-order valence-corrected chi connectivity index (χ3v) is 4.28. The third-order valence-electron chi connectivity index (χ3n) is 3.27. The predicted octanol–water partition coefficient (Wildman–Crippen LogP) is 5.13. The molecule has 0 spiro atoms. The fourth-order valence-electron chi connectivity index (χ4n) is 2.44. The lowest BCUT2D eigenvalue weighted by Gasteiger charge is -2.08. The van der Waals surface area contributed by atoms with E-state index in [0.717, 1.165) is 6.54 Å². The molecule has 0 saturated heterocycles. The highest BCUT2D eigenvalue weighted by Gasteiger charge is 2.03. The highest BCUT2D eigenvalue weighted by atomic mass is 32.1. The molecule has 3 aromatic rings. The van der Waals surface area contributed by atoms with Crippen molar-refractivity contribution in [1.29, 1.82) is 0 Å². The first kappa shape index (κ1) is 12.2. The number of anilines is 1. The maximum absolute atomic E-state index is 3.53. The van der Waals surface area contributed by atoms with Gasteiger partial charge in [-0.3, -0.25) is 0 Å². The van der Waals surface area contributed by atoms with E-state index >= 15 is 0 Å². The van der Waals surface area contributed by atoms with Crippen molar-refractivity contribution in [3.05, 3.63) is 64.5 Å². The van der Waals surface area contributed by atoms with Gasteiger partial charge < -0.3 is 5.32 Å². The van der Waals surface area contributed by atoms with Gasteiger partial charge in [0.1, 0.15) is 0 Å². The standard InChI is InChI=1S/C17H17NS/c1-12-7-13(2)9-15(8-12)18-10-14-11-19-17-6-4-3-5-16(14)17/h3-9,11,18H,10H2,1-2H3. The Hall–Kier alpha value is -1.80. The summed E-state index contributed by atoms with van der Waals surface area (Å²) in [7, 11) is 0. The van der Waals surface area contributed by atoms with Crippen molar-refractivity contribution in [3.8, 4) is 0 Å². The van der Waals surface area contributed by atoms with Crippen molar-refractivity contribution in [2.45, 2.75) is 20.4 Å². The largest absolute Gasteiger partial charge is 0.381 e. The van der Waals surface area contributed by atoms with Crippen LogP contribution in [0.2, 0.25) is 0 Å². The lowest BCUT2D eigenvalue weighted by molar-refractivity contribution is 1.17. The number of hydrogen-bond acceptors (Lipinski definition) is 2. The van der Waals surface area contributed by atoms with Crippen LogP contribution in [0.15, 0.2) is 47.8 Å².